The molecule has 0 radical (unpaired) electrons. The fourth-order valence-corrected chi connectivity index (χ4v) is 3.26. The predicted molar refractivity (Wildman–Crippen MR) is 85.9 cm³/mol. The Morgan fingerprint density at radius 2 is 1.65 bits per heavy atom. The zero-order chi connectivity index (χ0) is 16.4. The fraction of sp³-hybridized carbons (Fsp3) is 0.0588. The largest absolute Gasteiger partial charge is 0.287 e. The Hall–Kier alpha value is -2.73. The van der Waals surface area contributed by atoms with E-state index in [2.05, 4.69) is 4.98 Å². The van der Waals surface area contributed by atoms with E-state index in [0.29, 0.717) is 5.56 Å². The normalized spacial score (nSPS) is 11.3. The lowest BCUT2D eigenvalue weighted by Gasteiger charge is -2.04. The zero-order valence-electron chi connectivity index (χ0n) is 12.4. The van der Waals surface area contributed by atoms with Crippen LogP contribution in [0.1, 0.15) is 21.6 Å². The molecule has 2 aromatic carbocycles. The van der Waals surface area contributed by atoms with Crippen LogP contribution >= 0.6 is 0 Å². The minimum absolute atomic E-state index is 0.0897. The van der Waals surface area contributed by atoms with Gasteiger partial charge in [-0.1, -0.05) is 48.0 Å². The molecule has 116 valence electrons. The number of nitrogens with zero attached hydrogens (tertiary/aromatic N) is 2. The molecule has 0 aliphatic carbocycles. The van der Waals surface area contributed by atoms with Gasteiger partial charge in [-0.25, -0.2) is 17.4 Å². The molecule has 0 saturated heterocycles. The molecule has 0 aliphatic rings. The van der Waals surface area contributed by atoms with Crippen molar-refractivity contribution in [3.63, 3.8) is 0 Å². The molecule has 23 heavy (non-hydrogen) atoms. The molecule has 6 heteroatoms. The van der Waals surface area contributed by atoms with Crippen LogP contribution < -0.4 is 0 Å². The highest BCUT2D eigenvalue weighted by molar-refractivity contribution is 7.90. The Morgan fingerprint density at radius 3 is 2.30 bits per heavy atom. The minimum Gasteiger partial charge on any atom is -0.287 e. The lowest BCUT2D eigenvalue weighted by atomic mass is 10.1. The standard InChI is InChI=1S/C17H14N2O3S/c1-13-7-9-15(10-8-13)23(21,22)19-11-16(18-12-19)17(20)14-5-3-2-4-6-14/h2-12H,1H3. The number of ketones is 1. The van der Waals surface area contributed by atoms with Gasteiger partial charge in [-0.3, -0.25) is 4.79 Å². The second kappa shape index (κ2) is 5.81. The maximum atomic E-state index is 12.5. The molecule has 3 rings (SSSR count). The fourth-order valence-electron chi connectivity index (χ4n) is 2.12. The summed E-state index contributed by atoms with van der Waals surface area (Å²) in [6.45, 7) is 1.88. The van der Waals surface area contributed by atoms with Crippen LogP contribution in [0.2, 0.25) is 0 Å². The van der Waals surface area contributed by atoms with Gasteiger partial charge in [0.2, 0.25) is 5.78 Å². The molecule has 5 nitrogen and oxygen atoms in total. The quantitative estimate of drug-likeness (QED) is 0.691. The average molecular weight is 326 g/mol. The van der Waals surface area contributed by atoms with Gasteiger partial charge in [0.15, 0.2) is 0 Å². The maximum Gasteiger partial charge on any atom is 0.268 e. The van der Waals surface area contributed by atoms with Gasteiger partial charge in [0.1, 0.15) is 12.0 Å². The van der Waals surface area contributed by atoms with E-state index in [0.717, 1.165) is 15.9 Å². The lowest BCUT2D eigenvalue weighted by Crippen LogP contribution is -2.11. The van der Waals surface area contributed by atoms with Crippen molar-refractivity contribution in [2.45, 2.75) is 11.8 Å². The molecule has 0 bridgehead atoms. The van der Waals surface area contributed by atoms with E-state index in [9.17, 15) is 13.2 Å². The zero-order valence-corrected chi connectivity index (χ0v) is 13.2. The van der Waals surface area contributed by atoms with Crippen molar-refractivity contribution in [1.82, 2.24) is 8.96 Å². The molecule has 1 aromatic heterocycles. The smallest absolute Gasteiger partial charge is 0.268 e. The molecule has 0 atom stereocenters. The first kappa shape index (κ1) is 15.2. The summed E-state index contributed by atoms with van der Waals surface area (Å²) in [4.78, 5) is 16.4. The SMILES string of the molecule is Cc1ccc(S(=O)(=O)n2cnc(C(=O)c3ccccc3)c2)cc1. The highest BCUT2D eigenvalue weighted by Crippen LogP contribution is 2.16. The van der Waals surface area contributed by atoms with Gasteiger partial charge in [0.25, 0.3) is 10.0 Å². The summed E-state index contributed by atoms with van der Waals surface area (Å²) < 4.78 is 26.0. The summed E-state index contributed by atoms with van der Waals surface area (Å²) in [5.41, 5.74) is 1.52. The molecule has 0 saturated carbocycles. The molecule has 0 spiro atoms. The topological polar surface area (TPSA) is 69.0 Å². The van der Waals surface area contributed by atoms with Crippen LogP contribution in [0.25, 0.3) is 0 Å². The number of hydrogen-bond donors (Lipinski definition) is 0. The third-order valence-electron chi connectivity index (χ3n) is 3.43. The highest BCUT2D eigenvalue weighted by Gasteiger charge is 2.20. The van der Waals surface area contributed by atoms with Crippen LogP contribution in [-0.4, -0.2) is 23.2 Å². The van der Waals surface area contributed by atoms with E-state index in [4.69, 9.17) is 0 Å². The van der Waals surface area contributed by atoms with Crippen LogP contribution in [-0.2, 0) is 10.0 Å². The Bertz CT molecular complexity index is 943. The minimum atomic E-state index is -3.75. The third-order valence-corrected chi connectivity index (χ3v) is 5.05. The summed E-state index contributed by atoms with van der Waals surface area (Å²) in [7, 11) is -3.75. The van der Waals surface area contributed by atoms with E-state index in [-0.39, 0.29) is 16.4 Å². The number of benzene rings is 2. The van der Waals surface area contributed by atoms with Crippen LogP contribution in [0.5, 0.6) is 0 Å². The molecular weight excluding hydrogens is 312 g/mol. The number of imidazole rings is 1. The number of aryl methyl sites for hydroxylation is 1. The molecule has 3 aromatic rings. The van der Waals surface area contributed by atoms with Crippen LogP contribution in [0.4, 0.5) is 0 Å². The van der Waals surface area contributed by atoms with Crippen LogP contribution in [0.15, 0.2) is 72.0 Å². The second-order valence-electron chi connectivity index (χ2n) is 5.10. The Labute approximate surface area is 134 Å². The molecule has 0 amide bonds. The first-order chi connectivity index (χ1) is 11.0. The van der Waals surface area contributed by atoms with E-state index < -0.39 is 10.0 Å². The third kappa shape index (κ3) is 2.93. The average Bonchev–Trinajstić information content (AvgIpc) is 3.06. The van der Waals surface area contributed by atoms with Gasteiger partial charge in [-0.15, -0.1) is 0 Å². The number of hydrogen-bond acceptors (Lipinski definition) is 4. The summed E-state index contributed by atoms with van der Waals surface area (Å²) >= 11 is 0. The van der Waals surface area contributed by atoms with Crippen LogP contribution in [0.3, 0.4) is 0 Å². The van der Waals surface area contributed by atoms with Gasteiger partial charge in [-0.2, -0.15) is 0 Å². The van der Waals surface area contributed by atoms with Gasteiger partial charge >= 0.3 is 0 Å². The predicted octanol–water partition coefficient (Wildman–Crippen LogP) is 2.66. The molecule has 0 fully saturated rings. The number of carbonyl (C=O) groups excluding carboxylic acids is 1. The monoisotopic (exact) mass is 326 g/mol. The molecule has 0 N–H and O–H groups in total. The Balaban J connectivity index is 1.95. The molecule has 1 heterocycles. The summed E-state index contributed by atoms with van der Waals surface area (Å²) in [5, 5.41) is 0. The van der Waals surface area contributed by atoms with E-state index in [1.54, 1.807) is 42.5 Å². The van der Waals surface area contributed by atoms with E-state index >= 15 is 0 Å². The van der Waals surface area contributed by atoms with Crippen molar-refractivity contribution >= 4 is 15.8 Å². The van der Waals surface area contributed by atoms with Crippen molar-refractivity contribution < 1.29 is 13.2 Å². The summed E-state index contributed by atoms with van der Waals surface area (Å²) in [5.74, 6) is -0.316. The molecular formula is C17H14N2O3S. The van der Waals surface area contributed by atoms with Crippen LogP contribution in [0, 0.1) is 6.92 Å². The van der Waals surface area contributed by atoms with Crippen molar-refractivity contribution in [3.8, 4) is 0 Å². The first-order valence-corrected chi connectivity index (χ1v) is 8.38. The van der Waals surface area contributed by atoms with Crippen molar-refractivity contribution in [1.29, 1.82) is 0 Å². The Morgan fingerprint density at radius 1 is 1.00 bits per heavy atom. The van der Waals surface area contributed by atoms with E-state index in [1.807, 2.05) is 6.92 Å². The lowest BCUT2D eigenvalue weighted by molar-refractivity contribution is 0.103. The molecule has 0 aliphatic heterocycles. The molecule has 0 unspecified atom stereocenters. The summed E-state index contributed by atoms with van der Waals surface area (Å²) in [6.07, 6.45) is 2.38. The number of rotatable bonds is 4. The van der Waals surface area contributed by atoms with Gasteiger partial charge in [0.05, 0.1) is 11.1 Å². The number of aromatic nitrogens is 2. The van der Waals surface area contributed by atoms with Crippen molar-refractivity contribution in [2.75, 3.05) is 0 Å². The second-order valence-corrected chi connectivity index (χ2v) is 6.95. The van der Waals surface area contributed by atoms with Crippen molar-refractivity contribution in [3.05, 3.63) is 83.9 Å². The number of carbonyl (C=O) groups is 1. The first-order valence-electron chi connectivity index (χ1n) is 6.94. The summed E-state index contributed by atoms with van der Waals surface area (Å²) in [6, 6.07) is 15.1. The maximum absolute atomic E-state index is 12.5. The van der Waals surface area contributed by atoms with Crippen molar-refractivity contribution in [2.24, 2.45) is 0 Å². The Kier molecular flexibility index (Phi) is 3.83. The van der Waals surface area contributed by atoms with E-state index in [1.165, 1.54) is 18.3 Å². The van der Waals surface area contributed by atoms with Gasteiger partial charge in [0, 0.05) is 5.56 Å². The highest BCUT2D eigenvalue weighted by atomic mass is 32.2. The van der Waals surface area contributed by atoms with Gasteiger partial charge < -0.3 is 0 Å². The van der Waals surface area contributed by atoms with Gasteiger partial charge in [-0.05, 0) is 19.1 Å².